The lowest BCUT2D eigenvalue weighted by Crippen LogP contribution is -2.12. The fourth-order valence-corrected chi connectivity index (χ4v) is 3.16. The maximum Gasteiger partial charge on any atom is 0.258 e. The second-order valence-electron chi connectivity index (χ2n) is 8.66. The quantitative estimate of drug-likeness (QED) is 0.420. The number of amides is 2. The molecule has 2 heterocycles. The fraction of sp³-hybridized carbons (Fsp3) is 0.200. The van der Waals surface area contributed by atoms with Gasteiger partial charge in [-0.25, -0.2) is 4.98 Å². The molecule has 2 amide bonds. The second kappa shape index (κ2) is 8.74. The zero-order valence-corrected chi connectivity index (χ0v) is 18.8. The number of carbonyl (C=O) groups excluding carboxylic acids is 2. The van der Waals surface area contributed by atoms with E-state index in [1.165, 1.54) is 6.92 Å². The van der Waals surface area contributed by atoms with Gasteiger partial charge in [0.05, 0.1) is 5.69 Å². The van der Waals surface area contributed by atoms with Gasteiger partial charge in [-0.15, -0.1) is 0 Å². The van der Waals surface area contributed by atoms with Gasteiger partial charge in [-0.2, -0.15) is 0 Å². The third-order valence-corrected chi connectivity index (χ3v) is 4.86. The molecule has 2 aromatic heterocycles. The standard InChI is InChI=1S/C25H24N4O4/c1-15(30)27-22-13-20(9-10-26-22)32-19-8-7-16-5-6-17(11-18(16)12-19)24(31)28-23-14-21(29-33-23)25(2,3)4/h5-14H,1-4H3,(H,28,31)(H,26,27,30). The number of anilines is 2. The third kappa shape index (κ3) is 5.35. The van der Waals surface area contributed by atoms with Crippen molar-refractivity contribution in [1.82, 2.24) is 10.1 Å². The first kappa shape index (κ1) is 22.0. The highest BCUT2D eigenvalue weighted by molar-refractivity contribution is 6.06. The molecule has 4 aromatic rings. The van der Waals surface area contributed by atoms with Gasteiger partial charge >= 0.3 is 0 Å². The van der Waals surface area contributed by atoms with E-state index < -0.39 is 0 Å². The Balaban J connectivity index is 1.53. The van der Waals surface area contributed by atoms with E-state index in [4.69, 9.17) is 9.26 Å². The SMILES string of the molecule is CC(=O)Nc1cc(Oc2ccc3ccc(C(=O)Nc4cc(C(C)(C)C)no4)cc3c2)ccn1. The van der Waals surface area contributed by atoms with Crippen LogP contribution in [0.15, 0.2) is 65.3 Å². The number of pyridine rings is 1. The number of fused-ring (bicyclic) bond motifs is 1. The Labute approximate surface area is 191 Å². The van der Waals surface area contributed by atoms with Crippen LogP contribution in [0.2, 0.25) is 0 Å². The highest BCUT2D eigenvalue weighted by Crippen LogP contribution is 2.28. The van der Waals surface area contributed by atoms with Gasteiger partial charge in [0.1, 0.15) is 17.3 Å². The topological polar surface area (TPSA) is 106 Å². The van der Waals surface area contributed by atoms with E-state index in [1.54, 1.807) is 36.5 Å². The van der Waals surface area contributed by atoms with Crippen molar-refractivity contribution in [1.29, 1.82) is 0 Å². The number of benzene rings is 2. The van der Waals surface area contributed by atoms with E-state index in [-0.39, 0.29) is 17.2 Å². The average molecular weight is 444 g/mol. The summed E-state index contributed by atoms with van der Waals surface area (Å²) in [5.74, 6) is 1.31. The summed E-state index contributed by atoms with van der Waals surface area (Å²) in [4.78, 5) is 28.1. The van der Waals surface area contributed by atoms with Crippen molar-refractivity contribution in [3.63, 3.8) is 0 Å². The molecular weight excluding hydrogens is 420 g/mol. The van der Waals surface area contributed by atoms with E-state index in [1.807, 2.05) is 45.0 Å². The number of aromatic nitrogens is 2. The molecule has 168 valence electrons. The monoisotopic (exact) mass is 444 g/mol. The van der Waals surface area contributed by atoms with Crippen molar-refractivity contribution in [3.05, 3.63) is 72.1 Å². The molecule has 2 N–H and O–H groups in total. The summed E-state index contributed by atoms with van der Waals surface area (Å²) < 4.78 is 11.2. The molecule has 33 heavy (non-hydrogen) atoms. The molecule has 0 aliphatic rings. The van der Waals surface area contributed by atoms with Crippen LogP contribution >= 0.6 is 0 Å². The Hall–Kier alpha value is -4.20. The van der Waals surface area contributed by atoms with E-state index in [0.717, 1.165) is 16.5 Å². The molecule has 0 bridgehead atoms. The minimum absolute atomic E-state index is 0.177. The van der Waals surface area contributed by atoms with Gasteiger partial charge < -0.3 is 14.6 Å². The Morgan fingerprint density at radius 3 is 2.39 bits per heavy atom. The number of ether oxygens (including phenoxy) is 1. The number of hydrogen-bond acceptors (Lipinski definition) is 6. The number of hydrogen-bond donors (Lipinski definition) is 2. The number of rotatable bonds is 5. The van der Waals surface area contributed by atoms with Crippen molar-refractivity contribution < 1.29 is 18.8 Å². The van der Waals surface area contributed by atoms with Gasteiger partial charge in [0.25, 0.3) is 5.91 Å². The lowest BCUT2D eigenvalue weighted by molar-refractivity contribution is -0.114. The molecule has 0 saturated carbocycles. The third-order valence-electron chi connectivity index (χ3n) is 4.86. The van der Waals surface area contributed by atoms with Crippen LogP contribution in [0, 0.1) is 0 Å². The minimum Gasteiger partial charge on any atom is -0.457 e. The number of nitrogens with zero attached hydrogens (tertiary/aromatic N) is 2. The highest BCUT2D eigenvalue weighted by Gasteiger charge is 2.20. The molecule has 0 radical (unpaired) electrons. The van der Waals surface area contributed by atoms with E-state index >= 15 is 0 Å². The molecule has 0 aliphatic heterocycles. The Kier molecular flexibility index (Phi) is 5.83. The summed E-state index contributed by atoms with van der Waals surface area (Å²) >= 11 is 0. The summed E-state index contributed by atoms with van der Waals surface area (Å²) in [6, 6.07) is 16.1. The van der Waals surface area contributed by atoms with Crippen molar-refractivity contribution in [2.45, 2.75) is 33.1 Å². The summed E-state index contributed by atoms with van der Waals surface area (Å²) in [5.41, 5.74) is 1.06. The zero-order chi connectivity index (χ0) is 23.6. The zero-order valence-electron chi connectivity index (χ0n) is 18.8. The maximum atomic E-state index is 12.7. The first-order chi connectivity index (χ1) is 15.7. The van der Waals surface area contributed by atoms with Crippen LogP contribution in [-0.2, 0) is 10.2 Å². The van der Waals surface area contributed by atoms with Crippen LogP contribution in [0.1, 0.15) is 43.7 Å². The molecule has 8 heteroatoms. The largest absolute Gasteiger partial charge is 0.457 e. The van der Waals surface area contributed by atoms with Crippen LogP contribution in [0.3, 0.4) is 0 Å². The van der Waals surface area contributed by atoms with Gasteiger partial charge in [-0.1, -0.05) is 38.1 Å². The predicted octanol–water partition coefficient (Wildman–Crippen LogP) is 5.52. The van der Waals surface area contributed by atoms with E-state index in [2.05, 4.69) is 20.8 Å². The van der Waals surface area contributed by atoms with Crippen LogP contribution in [0.25, 0.3) is 10.8 Å². The lowest BCUT2D eigenvalue weighted by atomic mass is 9.92. The molecule has 4 rings (SSSR count). The average Bonchev–Trinajstić information content (AvgIpc) is 3.22. The Bertz CT molecular complexity index is 1340. The fourth-order valence-electron chi connectivity index (χ4n) is 3.16. The maximum absolute atomic E-state index is 12.7. The summed E-state index contributed by atoms with van der Waals surface area (Å²) in [7, 11) is 0. The van der Waals surface area contributed by atoms with Gasteiger partial charge in [-0.05, 0) is 41.1 Å². The summed E-state index contributed by atoms with van der Waals surface area (Å²) in [5, 5.41) is 11.2. The van der Waals surface area contributed by atoms with Crippen LogP contribution in [-0.4, -0.2) is 22.0 Å². The molecule has 0 fully saturated rings. The van der Waals surface area contributed by atoms with Crippen molar-refractivity contribution >= 4 is 34.3 Å². The highest BCUT2D eigenvalue weighted by atomic mass is 16.5. The first-order valence-corrected chi connectivity index (χ1v) is 10.4. The molecular formula is C25H24N4O4. The Morgan fingerprint density at radius 1 is 0.909 bits per heavy atom. The first-order valence-electron chi connectivity index (χ1n) is 10.4. The van der Waals surface area contributed by atoms with Crippen LogP contribution in [0.5, 0.6) is 11.5 Å². The van der Waals surface area contributed by atoms with Crippen LogP contribution in [0.4, 0.5) is 11.7 Å². The predicted molar refractivity (Wildman–Crippen MR) is 126 cm³/mol. The van der Waals surface area contributed by atoms with Crippen LogP contribution < -0.4 is 15.4 Å². The van der Waals surface area contributed by atoms with Crippen molar-refractivity contribution in [3.8, 4) is 11.5 Å². The molecule has 0 aliphatic carbocycles. The van der Waals surface area contributed by atoms with E-state index in [9.17, 15) is 9.59 Å². The number of carbonyl (C=O) groups is 2. The smallest absolute Gasteiger partial charge is 0.258 e. The summed E-state index contributed by atoms with van der Waals surface area (Å²) in [6.45, 7) is 7.47. The van der Waals surface area contributed by atoms with Crippen molar-refractivity contribution in [2.24, 2.45) is 0 Å². The van der Waals surface area contributed by atoms with E-state index in [0.29, 0.717) is 28.8 Å². The second-order valence-corrected chi connectivity index (χ2v) is 8.66. The van der Waals surface area contributed by atoms with Gasteiger partial charge in [0.2, 0.25) is 11.8 Å². The van der Waals surface area contributed by atoms with Crippen molar-refractivity contribution in [2.75, 3.05) is 10.6 Å². The molecule has 8 nitrogen and oxygen atoms in total. The van der Waals surface area contributed by atoms with Gasteiger partial charge in [0, 0.05) is 36.2 Å². The molecule has 0 saturated heterocycles. The lowest BCUT2D eigenvalue weighted by Gasteiger charge is -2.12. The molecule has 0 spiro atoms. The minimum atomic E-state index is -0.297. The normalized spacial score (nSPS) is 11.3. The molecule has 0 unspecified atom stereocenters. The summed E-state index contributed by atoms with van der Waals surface area (Å²) in [6.07, 6.45) is 1.55. The molecule has 2 aromatic carbocycles. The number of nitrogens with one attached hydrogen (secondary N) is 2. The Morgan fingerprint density at radius 2 is 1.67 bits per heavy atom. The van der Waals surface area contributed by atoms with Gasteiger partial charge in [0.15, 0.2) is 0 Å². The van der Waals surface area contributed by atoms with Gasteiger partial charge in [-0.3, -0.25) is 14.9 Å². The molecule has 0 atom stereocenters.